The molecule has 16 heavy (non-hydrogen) atoms. The smallest absolute Gasteiger partial charge is 0.0411 e. The van der Waals surface area contributed by atoms with E-state index in [9.17, 15) is 0 Å². The summed E-state index contributed by atoms with van der Waals surface area (Å²) in [5, 5.41) is 3.22. The molecular formula is C14H24N2. The summed E-state index contributed by atoms with van der Waals surface area (Å²) in [6, 6.07) is 9.22. The average molecular weight is 220 g/mol. The monoisotopic (exact) mass is 220 g/mol. The summed E-state index contributed by atoms with van der Waals surface area (Å²) in [6.07, 6.45) is 2.48. The molecule has 1 unspecified atom stereocenters. The van der Waals surface area contributed by atoms with Crippen molar-refractivity contribution >= 4 is 5.69 Å². The average Bonchev–Trinajstić information content (AvgIpc) is 2.29. The summed E-state index contributed by atoms with van der Waals surface area (Å²) in [5.41, 5.74) is 2.72. The lowest BCUT2D eigenvalue weighted by Gasteiger charge is -2.29. The van der Waals surface area contributed by atoms with Crippen molar-refractivity contribution in [2.75, 3.05) is 19.0 Å². The van der Waals surface area contributed by atoms with Gasteiger partial charge in [-0.15, -0.1) is 0 Å². The number of para-hydroxylation sites is 1. The Hall–Kier alpha value is -1.02. The third-order valence-electron chi connectivity index (χ3n) is 3.11. The molecule has 0 fully saturated rings. The van der Waals surface area contributed by atoms with Crippen LogP contribution in [0.1, 0.15) is 32.3 Å². The molecule has 1 N–H and O–H groups in total. The van der Waals surface area contributed by atoms with E-state index in [1.165, 1.54) is 24.1 Å². The van der Waals surface area contributed by atoms with Gasteiger partial charge in [-0.05, 0) is 32.0 Å². The number of benzene rings is 1. The molecular weight excluding hydrogens is 196 g/mol. The Morgan fingerprint density at radius 3 is 2.62 bits per heavy atom. The molecule has 1 rings (SSSR count). The summed E-state index contributed by atoms with van der Waals surface area (Å²) < 4.78 is 0. The fourth-order valence-electron chi connectivity index (χ4n) is 2.04. The topological polar surface area (TPSA) is 15.3 Å². The van der Waals surface area contributed by atoms with Gasteiger partial charge in [0.2, 0.25) is 0 Å². The summed E-state index contributed by atoms with van der Waals surface area (Å²) >= 11 is 0. The highest BCUT2D eigenvalue weighted by molar-refractivity contribution is 5.53. The van der Waals surface area contributed by atoms with Gasteiger partial charge in [-0.3, -0.25) is 0 Å². The molecule has 0 spiro atoms. The van der Waals surface area contributed by atoms with Crippen LogP contribution in [0.15, 0.2) is 24.3 Å². The highest BCUT2D eigenvalue weighted by Crippen LogP contribution is 2.22. The lowest BCUT2D eigenvalue weighted by molar-refractivity contribution is 0.613. The first-order chi connectivity index (χ1) is 7.70. The van der Waals surface area contributed by atoms with Gasteiger partial charge < -0.3 is 10.2 Å². The highest BCUT2D eigenvalue weighted by Gasteiger charge is 2.11. The standard InChI is InChI=1S/C14H24N2/c1-5-8-12(2)16(4)14-10-7-6-9-13(14)11-15-3/h6-7,9-10,12,15H,5,8,11H2,1-4H3. The largest absolute Gasteiger partial charge is 0.372 e. The van der Waals surface area contributed by atoms with Crippen LogP contribution in [0.25, 0.3) is 0 Å². The Bertz CT molecular complexity index is 309. The molecule has 0 amide bonds. The van der Waals surface area contributed by atoms with Gasteiger partial charge in [0.15, 0.2) is 0 Å². The summed E-state index contributed by atoms with van der Waals surface area (Å²) in [4.78, 5) is 2.39. The summed E-state index contributed by atoms with van der Waals surface area (Å²) in [5.74, 6) is 0. The van der Waals surface area contributed by atoms with Crippen molar-refractivity contribution in [3.63, 3.8) is 0 Å². The normalized spacial score (nSPS) is 12.5. The lowest BCUT2D eigenvalue weighted by atomic mass is 10.1. The molecule has 0 saturated carbocycles. The van der Waals surface area contributed by atoms with Crippen molar-refractivity contribution in [3.8, 4) is 0 Å². The number of anilines is 1. The van der Waals surface area contributed by atoms with Crippen LogP contribution in [0.4, 0.5) is 5.69 Å². The number of hydrogen-bond donors (Lipinski definition) is 1. The van der Waals surface area contributed by atoms with Crippen molar-refractivity contribution in [1.82, 2.24) is 5.32 Å². The molecule has 0 saturated heterocycles. The second kappa shape index (κ2) is 6.54. The molecule has 1 aromatic rings. The Labute approximate surface area is 99.7 Å². The van der Waals surface area contributed by atoms with Crippen LogP contribution in [0.5, 0.6) is 0 Å². The van der Waals surface area contributed by atoms with E-state index in [0.717, 1.165) is 6.54 Å². The van der Waals surface area contributed by atoms with E-state index in [2.05, 4.69) is 55.4 Å². The zero-order valence-corrected chi connectivity index (χ0v) is 11.0. The molecule has 2 heteroatoms. The summed E-state index contributed by atoms with van der Waals surface area (Å²) in [7, 11) is 4.18. The van der Waals surface area contributed by atoms with Gasteiger partial charge in [0.05, 0.1) is 0 Å². The molecule has 0 aliphatic heterocycles. The van der Waals surface area contributed by atoms with Crippen LogP contribution < -0.4 is 10.2 Å². The molecule has 90 valence electrons. The van der Waals surface area contributed by atoms with Gasteiger partial charge in [-0.1, -0.05) is 31.5 Å². The Kier molecular flexibility index (Phi) is 5.33. The van der Waals surface area contributed by atoms with Crippen LogP contribution in [-0.2, 0) is 6.54 Å². The number of nitrogens with zero attached hydrogens (tertiary/aromatic N) is 1. The maximum absolute atomic E-state index is 3.22. The quantitative estimate of drug-likeness (QED) is 0.792. The van der Waals surface area contributed by atoms with Gasteiger partial charge in [0, 0.05) is 25.3 Å². The Morgan fingerprint density at radius 2 is 2.00 bits per heavy atom. The maximum atomic E-state index is 3.22. The minimum Gasteiger partial charge on any atom is -0.372 e. The zero-order chi connectivity index (χ0) is 12.0. The van der Waals surface area contributed by atoms with Crippen LogP contribution in [0, 0.1) is 0 Å². The van der Waals surface area contributed by atoms with Crippen molar-refractivity contribution in [3.05, 3.63) is 29.8 Å². The van der Waals surface area contributed by atoms with Crippen molar-refractivity contribution in [2.24, 2.45) is 0 Å². The Morgan fingerprint density at radius 1 is 1.31 bits per heavy atom. The van der Waals surface area contributed by atoms with E-state index < -0.39 is 0 Å². The highest BCUT2D eigenvalue weighted by atomic mass is 15.1. The van der Waals surface area contributed by atoms with Crippen LogP contribution >= 0.6 is 0 Å². The third-order valence-corrected chi connectivity index (χ3v) is 3.11. The zero-order valence-electron chi connectivity index (χ0n) is 11.0. The number of nitrogens with one attached hydrogen (secondary N) is 1. The van der Waals surface area contributed by atoms with Crippen LogP contribution in [-0.4, -0.2) is 20.1 Å². The van der Waals surface area contributed by atoms with E-state index in [0.29, 0.717) is 6.04 Å². The second-order valence-electron chi connectivity index (χ2n) is 4.41. The van der Waals surface area contributed by atoms with E-state index in [1.54, 1.807) is 0 Å². The first-order valence-corrected chi connectivity index (χ1v) is 6.16. The molecule has 1 atom stereocenters. The van der Waals surface area contributed by atoms with Crippen LogP contribution in [0.3, 0.4) is 0 Å². The third kappa shape index (κ3) is 3.24. The number of rotatable bonds is 6. The lowest BCUT2D eigenvalue weighted by Crippen LogP contribution is -2.29. The van der Waals surface area contributed by atoms with E-state index >= 15 is 0 Å². The Balaban J connectivity index is 2.84. The molecule has 1 aromatic carbocycles. The van der Waals surface area contributed by atoms with Gasteiger partial charge >= 0.3 is 0 Å². The molecule has 0 aromatic heterocycles. The van der Waals surface area contributed by atoms with Gasteiger partial charge in [-0.2, -0.15) is 0 Å². The maximum Gasteiger partial charge on any atom is 0.0411 e. The van der Waals surface area contributed by atoms with E-state index in [-0.39, 0.29) is 0 Å². The first-order valence-electron chi connectivity index (χ1n) is 6.16. The molecule has 0 bridgehead atoms. The van der Waals surface area contributed by atoms with Crippen molar-refractivity contribution in [2.45, 2.75) is 39.3 Å². The minimum atomic E-state index is 0.600. The molecule has 0 heterocycles. The molecule has 0 aliphatic rings. The van der Waals surface area contributed by atoms with Crippen molar-refractivity contribution in [1.29, 1.82) is 0 Å². The van der Waals surface area contributed by atoms with Crippen LogP contribution in [0.2, 0.25) is 0 Å². The molecule has 2 nitrogen and oxygen atoms in total. The molecule has 0 radical (unpaired) electrons. The SMILES string of the molecule is CCCC(C)N(C)c1ccccc1CNC. The minimum absolute atomic E-state index is 0.600. The van der Waals surface area contributed by atoms with Gasteiger partial charge in [0.1, 0.15) is 0 Å². The second-order valence-corrected chi connectivity index (χ2v) is 4.41. The predicted molar refractivity (Wildman–Crippen MR) is 72.0 cm³/mol. The molecule has 0 aliphatic carbocycles. The van der Waals surface area contributed by atoms with Crippen molar-refractivity contribution < 1.29 is 0 Å². The van der Waals surface area contributed by atoms with Gasteiger partial charge in [0.25, 0.3) is 0 Å². The fraction of sp³-hybridized carbons (Fsp3) is 0.571. The summed E-state index contributed by atoms with van der Waals surface area (Å²) in [6.45, 7) is 5.46. The van der Waals surface area contributed by atoms with E-state index in [1.807, 2.05) is 7.05 Å². The number of hydrogen-bond acceptors (Lipinski definition) is 2. The van der Waals surface area contributed by atoms with Gasteiger partial charge in [-0.25, -0.2) is 0 Å². The fourth-order valence-corrected chi connectivity index (χ4v) is 2.04. The first kappa shape index (κ1) is 13.0. The predicted octanol–water partition coefficient (Wildman–Crippen LogP) is 3.03. The van der Waals surface area contributed by atoms with E-state index in [4.69, 9.17) is 0 Å².